The van der Waals surface area contributed by atoms with Crippen LogP contribution in [0.15, 0.2) is 24.3 Å². The summed E-state index contributed by atoms with van der Waals surface area (Å²) in [6.07, 6.45) is 0. The van der Waals surface area contributed by atoms with E-state index in [0.29, 0.717) is 11.6 Å². The molecule has 2 atom stereocenters. The first-order valence-corrected chi connectivity index (χ1v) is 5.64. The molecule has 1 aromatic rings. The molecule has 0 aliphatic carbocycles. The lowest BCUT2D eigenvalue weighted by molar-refractivity contribution is 0.00106. The Morgan fingerprint density at radius 3 is 2.75 bits per heavy atom. The Bertz CT molecular complexity index is 342. The minimum Gasteiger partial charge on any atom is -0.393 e. The van der Waals surface area contributed by atoms with Gasteiger partial charge in [-0.1, -0.05) is 23.7 Å². The molecule has 0 bridgehead atoms. The number of halogens is 1. The van der Waals surface area contributed by atoms with Crippen molar-refractivity contribution in [2.24, 2.45) is 0 Å². The topological polar surface area (TPSA) is 52.5 Å². The largest absolute Gasteiger partial charge is 0.393 e. The van der Waals surface area contributed by atoms with Gasteiger partial charge in [0.05, 0.1) is 12.2 Å². The summed E-state index contributed by atoms with van der Waals surface area (Å²) < 4.78 is 0. The Kier molecular flexibility index (Phi) is 4.74. The Balaban J connectivity index is 2.56. The first-order valence-electron chi connectivity index (χ1n) is 5.27. The lowest BCUT2D eigenvalue weighted by Gasteiger charge is -2.24. The molecular weight excluding hydrogens is 226 g/mol. The van der Waals surface area contributed by atoms with Crippen LogP contribution in [0.1, 0.15) is 25.5 Å². The van der Waals surface area contributed by atoms with Crippen LogP contribution in [0.5, 0.6) is 0 Å². The molecule has 4 heteroatoms. The second-order valence-corrected chi connectivity index (χ2v) is 4.75. The monoisotopic (exact) mass is 243 g/mol. The summed E-state index contributed by atoms with van der Waals surface area (Å²) in [6.45, 7) is 3.64. The smallest absolute Gasteiger partial charge is 0.0973 e. The van der Waals surface area contributed by atoms with E-state index >= 15 is 0 Å². The van der Waals surface area contributed by atoms with Gasteiger partial charge >= 0.3 is 0 Å². The van der Waals surface area contributed by atoms with Crippen LogP contribution in [0.2, 0.25) is 5.02 Å². The molecule has 0 saturated heterocycles. The van der Waals surface area contributed by atoms with Gasteiger partial charge in [-0.25, -0.2) is 0 Å². The van der Waals surface area contributed by atoms with Crippen molar-refractivity contribution in [3.05, 3.63) is 34.9 Å². The molecule has 0 saturated carbocycles. The molecule has 2 unspecified atom stereocenters. The minimum absolute atomic E-state index is 0.0803. The standard InChI is InChI=1S/C12H18ClNO2/c1-9(14-7-12(2,16)8-15)10-4-3-5-11(13)6-10/h3-6,9,14-16H,7-8H2,1-2H3. The predicted octanol–water partition coefficient (Wildman–Crippen LogP) is 1.73. The van der Waals surface area contributed by atoms with Gasteiger partial charge in [0, 0.05) is 17.6 Å². The fraction of sp³-hybridized carbons (Fsp3) is 0.500. The third kappa shape index (κ3) is 4.10. The molecule has 1 rings (SSSR count). The summed E-state index contributed by atoms with van der Waals surface area (Å²) in [5.74, 6) is 0. The molecular formula is C12H18ClNO2. The van der Waals surface area contributed by atoms with E-state index in [1.54, 1.807) is 6.92 Å². The van der Waals surface area contributed by atoms with E-state index in [0.717, 1.165) is 5.56 Å². The van der Waals surface area contributed by atoms with Crippen LogP contribution in [0.3, 0.4) is 0 Å². The molecule has 0 aliphatic rings. The van der Waals surface area contributed by atoms with E-state index in [4.69, 9.17) is 16.7 Å². The van der Waals surface area contributed by atoms with Gasteiger partial charge in [0.1, 0.15) is 0 Å². The van der Waals surface area contributed by atoms with Crippen LogP contribution in [-0.4, -0.2) is 29.0 Å². The van der Waals surface area contributed by atoms with Crippen LogP contribution < -0.4 is 5.32 Å². The third-order valence-electron chi connectivity index (χ3n) is 2.48. The molecule has 3 N–H and O–H groups in total. The zero-order valence-corrected chi connectivity index (χ0v) is 10.3. The molecule has 0 aliphatic heterocycles. The number of aliphatic hydroxyl groups excluding tert-OH is 1. The highest BCUT2D eigenvalue weighted by molar-refractivity contribution is 6.30. The summed E-state index contributed by atoms with van der Waals surface area (Å²) >= 11 is 5.89. The Morgan fingerprint density at radius 1 is 1.50 bits per heavy atom. The van der Waals surface area contributed by atoms with Crippen LogP contribution in [0.4, 0.5) is 0 Å². The van der Waals surface area contributed by atoms with Gasteiger partial charge < -0.3 is 15.5 Å². The Labute approximate surface area is 101 Å². The summed E-state index contributed by atoms with van der Waals surface area (Å²) in [5, 5.41) is 22.4. The quantitative estimate of drug-likeness (QED) is 0.738. The van der Waals surface area contributed by atoms with Gasteiger partial charge in [-0.15, -0.1) is 0 Å². The zero-order valence-electron chi connectivity index (χ0n) is 9.57. The SMILES string of the molecule is CC(NCC(C)(O)CO)c1cccc(Cl)c1. The fourth-order valence-electron chi connectivity index (χ4n) is 1.32. The molecule has 16 heavy (non-hydrogen) atoms. The number of rotatable bonds is 5. The van der Waals surface area contributed by atoms with Gasteiger partial charge in [-0.05, 0) is 31.5 Å². The normalized spacial score (nSPS) is 16.8. The molecule has 90 valence electrons. The third-order valence-corrected chi connectivity index (χ3v) is 2.71. The maximum absolute atomic E-state index is 9.64. The van der Waals surface area contributed by atoms with E-state index in [1.165, 1.54) is 0 Å². The summed E-state index contributed by atoms with van der Waals surface area (Å²) in [7, 11) is 0. The lowest BCUT2D eigenvalue weighted by Crippen LogP contribution is -2.41. The van der Waals surface area contributed by atoms with Crippen molar-refractivity contribution in [1.29, 1.82) is 0 Å². The molecule has 1 aromatic carbocycles. The highest BCUT2D eigenvalue weighted by Gasteiger charge is 2.19. The molecule has 0 amide bonds. The van der Waals surface area contributed by atoms with Crippen molar-refractivity contribution in [2.75, 3.05) is 13.2 Å². The number of hydrogen-bond acceptors (Lipinski definition) is 3. The maximum atomic E-state index is 9.64. The average Bonchev–Trinajstić information content (AvgIpc) is 2.26. The van der Waals surface area contributed by atoms with Gasteiger partial charge in [-0.3, -0.25) is 0 Å². The molecule has 0 radical (unpaired) electrons. The summed E-state index contributed by atoms with van der Waals surface area (Å²) in [4.78, 5) is 0. The van der Waals surface area contributed by atoms with E-state index in [2.05, 4.69) is 5.32 Å². The number of benzene rings is 1. The van der Waals surface area contributed by atoms with Crippen LogP contribution in [0.25, 0.3) is 0 Å². The fourth-order valence-corrected chi connectivity index (χ4v) is 1.52. The van der Waals surface area contributed by atoms with E-state index in [-0.39, 0.29) is 12.6 Å². The molecule has 0 aromatic heterocycles. The van der Waals surface area contributed by atoms with Gasteiger partial charge in [0.15, 0.2) is 0 Å². The predicted molar refractivity (Wildman–Crippen MR) is 65.6 cm³/mol. The average molecular weight is 244 g/mol. The van der Waals surface area contributed by atoms with Crippen molar-refractivity contribution < 1.29 is 10.2 Å². The minimum atomic E-state index is -1.09. The van der Waals surface area contributed by atoms with Gasteiger partial charge in [0.2, 0.25) is 0 Å². The first-order chi connectivity index (χ1) is 7.44. The first kappa shape index (κ1) is 13.5. The van der Waals surface area contributed by atoms with Crippen molar-refractivity contribution in [1.82, 2.24) is 5.32 Å². The highest BCUT2D eigenvalue weighted by atomic mass is 35.5. The second-order valence-electron chi connectivity index (χ2n) is 4.31. The summed E-state index contributed by atoms with van der Waals surface area (Å²) in [5.41, 5.74) is -0.0337. The highest BCUT2D eigenvalue weighted by Crippen LogP contribution is 2.17. The number of nitrogens with one attached hydrogen (secondary N) is 1. The van der Waals surface area contributed by atoms with Gasteiger partial charge in [0.25, 0.3) is 0 Å². The number of aliphatic hydroxyl groups is 2. The summed E-state index contributed by atoms with van der Waals surface area (Å²) in [6, 6.07) is 7.64. The van der Waals surface area contributed by atoms with Gasteiger partial charge in [-0.2, -0.15) is 0 Å². The van der Waals surface area contributed by atoms with Crippen molar-refractivity contribution in [3.63, 3.8) is 0 Å². The van der Waals surface area contributed by atoms with E-state index in [9.17, 15) is 5.11 Å². The Hall–Kier alpha value is -0.610. The zero-order chi connectivity index (χ0) is 12.2. The Morgan fingerprint density at radius 2 is 2.19 bits per heavy atom. The van der Waals surface area contributed by atoms with E-state index in [1.807, 2.05) is 31.2 Å². The molecule has 0 fully saturated rings. The molecule has 0 heterocycles. The molecule has 3 nitrogen and oxygen atoms in total. The number of hydrogen-bond donors (Lipinski definition) is 3. The maximum Gasteiger partial charge on any atom is 0.0973 e. The second kappa shape index (κ2) is 5.64. The van der Waals surface area contributed by atoms with Crippen molar-refractivity contribution >= 4 is 11.6 Å². The van der Waals surface area contributed by atoms with Crippen LogP contribution >= 0.6 is 11.6 Å². The van der Waals surface area contributed by atoms with Crippen molar-refractivity contribution in [3.8, 4) is 0 Å². The molecule has 0 spiro atoms. The van der Waals surface area contributed by atoms with E-state index < -0.39 is 5.60 Å². The van der Waals surface area contributed by atoms with Crippen LogP contribution in [-0.2, 0) is 0 Å². The lowest BCUT2D eigenvalue weighted by atomic mass is 10.1. The van der Waals surface area contributed by atoms with Crippen LogP contribution in [0, 0.1) is 0 Å². The van der Waals surface area contributed by atoms with Crippen molar-refractivity contribution in [2.45, 2.75) is 25.5 Å².